The number of carbonyl (C=O) groups excluding carboxylic acids is 1. The van der Waals surface area contributed by atoms with Gasteiger partial charge in [0.05, 0.1) is 5.25 Å². The van der Waals surface area contributed by atoms with Gasteiger partial charge in [0, 0.05) is 50.4 Å². The van der Waals surface area contributed by atoms with Crippen LogP contribution in [-0.4, -0.2) is 44.7 Å². The van der Waals surface area contributed by atoms with Crippen molar-refractivity contribution in [1.82, 2.24) is 19.8 Å². The summed E-state index contributed by atoms with van der Waals surface area (Å²) in [7, 11) is 1.76. The Balaban J connectivity index is 1.36. The molecule has 1 aliphatic rings. The van der Waals surface area contributed by atoms with Crippen molar-refractivity contribution in [3.63, 3.8) is 0 Å². The summed E-state index contributed by atoms with van der Waals surface area (Å²) in [5, 5.41) is 3.58. The van der Waals surface area contributed by atoms with Crippen molar-refractivity contribution >= 4 is 17.7 Å². The number of likely N-dealkylation sites (tertiary alicyclic amines) is 1. The smallest absolute Gasteiger partial charge is 0.257 e. The van der Waals surface area contributed by atoms with Crippen LogP contribution in [0.2, 0.25) is 0 Å². The monoisotopic (exact) mass is 560 g/mol. The van der Waals surface area contributed by atoms with E-state index in [4.69, 9.17) is 4.98 Å². The molecule has 1 aliphatic heterocycles. The van der Waals surface area contributed by atoms with E-state index in [0.29, 0.717) is 23.6 Å². The van der Waals surface area contributed by atoms with E-state index in [-0.39, 0.29) is 28.2 Å². The Bertz CT molecular complexity index is 1340. The van der Waals surface area contributed by atoms with Crippen molar-refractivity contribution in [2.75, 3.05) is 13.1 Å². The number of hydrogen-bond donors (Lipinski definition) is 1. The van der Waals surface area contributed by atoms with Crippen molar-refractivity contribution in [3.8, 4) is 0 Å². The maximum atomic E-state index is 13.4. The molecule has 1 atom stereocenters. The highest BCUT2D eigenvalue weighted by Crippen LogP contribution is 2.26. The van der Waals surface area contributed by atoms with E-state index in [0.717, 1.165) is 43.7 Å². The van der Waals surface area contributed by atoms with Gasteiger partial charge in [-0.05, 0) is 48.3 Å². The molecule has 0 bridgehead atoms. The van der Waals surface area contributed by atoms with Gasteiger partial charge in [0.15, 0.2) is 5.16 Å². The molecule has 1 saturated heterocycles. The summed E-state index contributed by atoms with van der Waals surface area (Å²) in [5.74, 6) is 0.0314. The van der Waals surface area contributed by atoms with Crippen LogP contribution in [-0.2, 0) is 30.2 Å². The molecule has 0 radical (unpaired) electrons. The molecule has 2 aromatic carbocycles. The number of rotatable bonds is 9. The SMILES string of the molecule is CCC(Sc1nc(C)c(Cc2ccc(C(C)(C)C)cc2)c(=O)n1C)C(=O)NC1CCN(Cc2ccccc2)CC1. The van der Waals surface area contributed by atoms with E-state index in [1.54, 1.807) is 11.6 Å². The Kier molecular flexibility index (Phi) is 9.90. The second kappa shape index (κ2) is 13.2. The minimum absolute atomic E-state index is 0.0314. The maximum Gasteiger partial charge on any atom is 0.257 e. The van der Waals surface area contributed by atoms with Gasteiger partial charge in [-0.1, -0.05) is 94.1 Å². The molecule has 7 heteroatoms. The summed E-state index contributed by atoms with van der Waals surface area (Å²) in [6, 6.07) is 19.2. The predicted molar refractivity (Wildman–Crippen MR) is 165 cm³/mol. The van der Waals surface area contributed by atoms with Gasteiger partial charge in [0.1, 0.15) is 0 Å². The molecule has 214 valence electrons. The van der Waals surface area contributed by atoms with Crippen LogP contribution in [0.15, 0.2) is 64.5 Å². The average molecular weight is 561 g/mol. The number of thioether (sulfide) groups is 1. The molecular weight excluding hydrogens is 516 g/mol. The first-order chi connectivity index (χ1) is 19.0. The number of nitrogens with one attached hydrogen (secondary N) is 1. The number of benzene rings is 2. The lowest BCUT2D eigenvalue weighted by Crippen LogP contribution is -2.46. The van der Waals surface area contributed by atoms with Crippen molar-refractivity contribution in [2.45, 2.75) is 88.7 Å². The van der Waals surface area contributed by atoms with Crippen LogP contribution in [0.25, 0.3) is 0 Å². The third-order valence-corrected chi connectivity index (χ3v) is 9.25. The molecule has 1 amide bonds. The first-order valence-corrected chi connectivity index (χ1v) is 15.3. The molecule has 6 nitrogen and oxygen atoms in total. The molecule has 3 aromatic rings. The van der Waals surface area contributed by atoms with Crippen LogP contribution in [0.1, 0.15) is 74.9 Å². The number of amides is 1. The van der Waals surface area contributed by atoms with Crippen LogP contribution in [0.4, 0.5) is 0 Å². The highest BCUT2D eigenvalue weighted by atomic mass is 32.2. The third-order valence-electron chi connectivity index (χ3n) is 7.84. The number of carbonyl (C=O) groups is 1. The quantitative estimate of drug-likeness (QED) is 0.272. The van der Waals surface area contributed by atoms with E-state index in [9.17, 15) is 9.59 Å². The number of aromatic nitrogens is 2. The van der Waals surface area contributed by atoms with Crippen molar-refractivity contribution in [2.24, 2.45) is 7.05 Å². The van der Waals surface area contributed by atoms with Crippen molar-refractivity contribution in [1.29, 1.82) is 0 Å². The van der Waals surface area contributed by atoms with Crippen molar-refractivity contribution in [3.05, 3.63) is 92.9 Å². The number of piperidine rings is 1. The Morgan fingerprint density at radius 2 is 1.70 bits per heavy atom. The molecule has 1 unspecified atom stereocenters. The van der Waals surface area contributed by atoms with Gasteiger partial charge in [0.25, 0.3) is 5.56 Å². The van der Waals surface area contributed by atoms with Gasteiger partial charge in [-0.3, -0.25) is 19.1 Å². The molecule has 1 N–H and O–H groups in total. The molecule has 0 spiro atoms. The second-order valence-corrected chi connectivity index (χ2v) is 13.2. The average Bonchev–Trinajstić information content (AvgIpc) is 2.93. The zero-order valence-electron chi connectivity index (χ0n) is 24.9. The topological polar surface area (TPSA) is 67.2 Å². The summed E-state index contributed by atoms with van der Waals surface area (Å²) in [6.45, 7) is 13.4. The molecule has 0 saturated carbocycles. The van der Waals surface area contributed by atoms with E-state index in [1.807, 2.05) is 19.9 Å². The lowest BCUT2D eigenvalue weighted by Gasteiger charge is -2.33. The summed E-state index contributed by atoms with van der Waals surface area (Å²) < 4.78 is 1.61. The molecule has 4 rings (SSSR count). The Morgan fingerprint density at radius 1 is 1.05 bits per heavy atom. The van der Waals surface area contributed by atoms with Gasteiger partial charge in [0.2, 0.25) is 5.91 Å². The summed E-state index contributed by atoms with van der Waals surface area (Å²) in [4.78, 5) is 33.9. The van der Waals surface area contributed by atoms with Gasteiger partial charge >= 0.3 is 0 Å². The fourth-order valence-electron chi connectivity index (χ4n) is 5.19. The number of aryl methyl sites for hydroxylation is 1. The summed E-state index contributed by atoms with van der Waals surface area (Å²) >= 11 is 1.39. The largest absolute Gasteiger partial charge is 0.352 e. The lowest BCUT2D eigenvalue weighted by molar-refractivity contribution is -0.121. The van der Waals surface area contributed by atoms with E-state index in [2.05, 4.69) is 79.5 Å². The first kappa shape index (κ1) is 30.1. The number of hydrogen-bond acceptors (Lipinski definition) is 5. The first-order valence-electron chi connectivity index (χ1n) is 14.4. The van der Waals surface area contributed by atoms with E-state index < -0.39 is 0 Å². The lowest BCUT2D eigenvalue weighted by atomic mass is 9.86. The van der Waals surface area contributed by atoms with E-state index >= 15 is 0 Å². The standard InChI is InChI=1S/C33H44N4O2S/c1-7-29(30(38)35-27-17-19-37(20-18-27)22-25-11-9-8-10-12-25)40-32-34-23(2)28(31(39)36(32)6)21-24-13-15-26(16-14-24)33(3,4)5/h8-16,27,29H,7,17-22H2,1-6H3,(H,35,38). The highest BCUT2D eigenvalue weighted by Gasteiger charge is 2.26. The van der Waals surface area contributed by atoms with Crippen LogP contribution in [0, 0.1) is 6.92 Å². The Hall–Kier alpha value is -2.90. The predicted octanol–water partition coefficient (Wildman–Crippen LogP) is 5.63. The molecule has 1 fully saturated rings. The van der Waals surface area contributed by atoms with Gasteiger partial charge in [-0.2, -0.15) is 0 Å². The fourth-order valence-corrected chi connectivity index (χ4v) is 6.21. The minimum Gasteiger partial charge on any atom is -0.352 e. The second-order valence-electron chi connectivity index (χ2n) is 12.0. The van der Waals surface area contributed by atoms with Crippen molar-refractivity contribution < 1.29 is 4.79 Å². The third kappa shape index (κ3) is 7.64. The zero-order chi connectivity index (χ0) is 28.9. The fraction of sp³-hybridized carbons (Fsp3) is 0.485. The molecule has 1 aromatic heterocycles. The zero-order valence-corrected chi connectivity index (χ0v) is 25.7. The molecule has 40 heavy (non-hydrogen) atoms. The van der Waals surface area contributed by atoms with Crippen LogP contribution < -0.4 is 10.9 Å². The van der Waals surface area contributed by atoms with Gasteiger partial charge < -0.3 is 5.32 Å². The van der Waals surface area contributed by atoms with Crippen LogP contribution >= 0.6 is 11.8 Å². The number of nitrogens with zero attached hydrogens (tertiary/aromatic N) is 3. The maximum absolute atomic E-state index is 13.4. The molecule has 0 aliphatic carbocycles. The molecule has 2 heterocycles. The minimum atomic E-state index is -0.296. The van der Waals surface area contributed by atoms with E-state index in [1.165, 1.54) is 22.9 Å². The van der Waals surface area contributed by atoms with Crippen LogP contribution in [0.5, 0.6) is 0 Å². The highest BCUT2D eigenvalue weighted by molar-refractivity contribution is 8.00. The Labute approximate surface area is 243 Å². The molecular formula is C33H44N4O2S. The van der Waals surface area contributed by atoms with Gasteiger partial charge in [-0.15, -0.1) is 0 Å². The normalized spacial score (nSPS) is 15.7. The van der Waals surface area contributed by atoms with Gasteiger partial charge in [-0.25, -0.2) is 4.98 Å². The van der Waals surface area contributed by atoms with Crippen LogP contribution in [0.3, 0.4) is 0 Å². The summed E-state index contributed by atoms with van der Waals surface area (Å²) in [6.07, 6.45) is 3.10. The Morgan fingerprint density at radius 3 is 2.30 bits per heavy atom. The summed E-state index contributed by atoms with van der Waals surface area (Å²) in [5.41, 5.74) is 5.17.